The van der Waals surface area contributed by atoms with Gasteiger partial charge >= 0.3 is 0 Å². The number of fused-ring (bicyclic) bond motifs is 19. The van der Waals surface area contributed by atoms with Gasteiger partial charge in [0, 0.05) is 91.4 Å². The Labute approximate surface area is 675 Å². The maximum atomic E-state index is 2.49. The number of nitrogens with zero attached hydrogens (tertiary/aromatic N) is 4. The fourth-order valence-electron chi connectivity index (χ4n) is 19.1. The first-order chi connectivity index (χ1) is 57.3. The molecule has 18 aromatic carbocycles. The van der Waals surface area contributed by atoms with Gasteiger partial charge < -0.3 is 18.3 Å². The summed E-state index contributed by atoms with van der Waals surface area (Å²) in [6, 6.07) is 152. The summed E-state index contributed by atoms with van der Waals surface area (Å²) >= 11 is 1.88. The first kappa shape index (κ1) is 67.1. The number of hydrogen-bond acceptors (Lipinski definition) is 1. The van der Waals surface area contributed by atoms with Gasteiger partial charge in [0.05, 0.1) is 44.1 Å². The summed E-state index contributed by atoms with van der Waals surface area (Å²) in [5.74, 6) is 0. The Hall–Kier alpha value is -14.6. The number of aromatic nitrogens is 4. The van der Waals surface area contributed by atoms with E-state index in [1.807, 2.05) is 11.3 Å². The van der Waals surface area contributed by atoms with Gasteiger partial charge in [-0.05, 0) is 222 Å². The van der Waals surface area contributed by atoms with E-state index < -0.39 is 0 Å². The van der Waals surface area contributed by atoms with Gasteiger partial charge in [-0.25, -0.2) is 0 Å². The second-order valence-corrected chi connectivity index (χ2v) is 32.6. The number of para-hydroxylation sites is 2. The SMILES string of the molecule is CC1(C)c2ccccc2-c2cc3c4cc(-c5ccc6c(c5)c5ccccc5n6-c5ccc(-c6ccccc6)cc5)ccc4n(-c4cccc(-c5ccccc5)c4)c3cc21.c1ccc(-c2ccc(-n3c4ccccc4c4cc(-c5ccc6c(c5)c5ccc7sc8ccccc8c7c5n6-c5ccc(-c6ccccc6)cc5)ccc43)cc2)cc1. The normalized spacial score (nSPS) is 12.5. The Morgan fingerprint density at radius 2 is 0.543 bits per heavy atom. The highest BCUT2D eigenvalue weighted by Gasteiger charge is 2.36. The number of benzene rings is 18. The number of hydrogen-bond donors (Lipinski definition) is 0. The van der Waals surface area contributed by atoms with Gasteiger partial charge in [0.2, 0.25) is 0 Å². The van der Waals surface area contributed by atoms with Crippen LogP contribution in [-0.4, -0.2) is 18.3 Å². The van der Waals surface area contributed by atoms with Gasteiger partial charge in [-0.2, -0.15) is 0 Å². The van der Waals surface area contributed by atoms with Crippen LogP contribution in [0.4, 0.5) is 0 Å². The van der Waals surface area contributed by atoms with Crippen LogP contribution in [0.15, 0.2) is 413 Å². The number of thiophene rings is 1. The molecule has 0 bridgehead atoms. The van der Waals surface area contributed by atoms with E-state index in [1.165, 1.54) is 202 Å². The first-order valence-corrected chi connectivity index (χ1v) is 40.9. The van der Waals surface area contributed by atoms with E-state index in [2.05, 4.69) is 445 Å². The molecule has 4 nitrogen and oxygen atoms in total. The highest BCUT2D eigenvalue weighted by atomic mass is 32.1. The molecule has 0 atom stereocenters. The second kappa shape index (κ2) is 26.8. The van der Waals surface area contributed by atoms with Crippen LogP contribution in [0, 0.1) is 0 Å². The van der Waals surface area contributed by atoms with Gasteiger partial charge in [-0.15, -0.1) is 11.3 Å². The van der Waals surface area contributed by atoms with Crippen molar-refractivity contribution in [1.29, 1.82) is 0 Å². The van der Waals surface area contributed by atoms with Crippen LogP contribution in [0.1, 0.15) is 25.0 Å². The average Bonchev–Trinajstić information content (AvgIpc) is 1.55. The Kier molecular flexibility index (Phi) is 15.5. The second-order valence-electron chi connectivity index (χ2n) is 31.5. The zero-order chi connectivity index (χ0) is 76.7. The fourth-order valence-corrected chi connectivity index (χ4v) is 20.2. The van der Waals surface area contributed by atoms with Gasteiger partial charge in [0.15, 0.2) is 0 Å². The minimum absolute atomic E-state index is 0.100. The standard InChI is InChI=1S/C57H40N2.C54H34N2S/c1-57(2)51-22-11-9-20-45(51)47-35-50-49-34-42(27-31-55(49)59(56(50)36-52(47)57)44-19-13-18-40(32-44)38-16-7-4-8-17-38)41-26-30-54-48(33-41)46-21-10-12-23-53(46)58(54)43-28-24-39(25-29-43)37-14-5-3-6-15-37;1-3-11-35(12-4-1)37-19-25-41(26-20-37)55-48-17-9-7-15-43(48)46-33-39(23-30-49(46)55)40-24-31-50-47(34-40)44-29-32-52-53(45-16-8-10-18-51(45)57-52)54(44)56(50)42-27-21-38(22-28-42)36-13-5-2-6-14-36/h3-36H,1-2H3;1-34H. The minimum Gasteiger partial charge on any atom is -0.309 e. The van der Waals surface area contributed by atoms with Crippen LogP contribution in [-0.2, 0) is 5.41 Å². The smallest absolute Gasteiger partial charge is 0.0634 e. The molecule has 24 rings (SSSR count). The highest BCUT2D eigenvalue weighted by Crippen LogP contribution is 2.52. The molecule has 0 amide bonds. The third-order valence-electron chi connectivity index (χ3n) is 24.7. The number of rotatable bonds is 10. The summed E-state index contributed by atoms with van der Waals surface area (Å²) in [7, 11) is 0. The molecule has 5 aromatic heterocycles. The van der Waals surface area contributed by atoms with Crippen molar-refractivity contribution in [3.63, 3.8) is 0 Å². The molecule has 23 aromatic rings. The molecule has 116 heavy (non-hydrogen) atoms. The Bertz CT molecular complexity index is 7850. The van der Waals surface area contributed by atoms with E-state index in [9.17, 15) is 0 Å². The van der Waals surface area contributed by atoms with Crippen molar-refractivity contribution in [2.75, 3.05) is 0 Å². The molecule has 0 N–H and O–H groups in total. The zero-order valence-corrected chi connectivity index (χ0v) is 64.8. The Morgan fingerprint density at radius 3 is 1.05 bits per heavy atom. The summed E-state index contributed by atoms with van der Waals surface area (Å²) in [5.41, 5.74) is 34.3. The maximum absolute atomic E-state index is 2.49. The van der Waals surface area contributed by atoms with Crippen molar-refractivity contribution in [2.45, 2.75) is 19.3 Å². The zero-order valence-electron chi connectivity index (χ0n) is 64.0. The average molecular weight is 1500 g/mol. The van der Waals surface area contributed by atoms with Crippen LogP contribution in [0.2, 0.25) is 0 Å². The monoisotopic (exact) mass is 1490 g/mol. The first-order valence-electron chi connectivity index (χ1n) is 40.1. The summed E-state index contributed by atoms with van der Waals surface area (Å²) < 4.78 is 12.4. The molecule has 0 fully saturated rings. The summed E-state index contributed by atoms with van der Waals surface area (Å²) in [4.78, 5) is 0. The molecule has 0 spiro atoms. The van der Waals surface area contributed by atoms with Crippen molar-refractivity contribution >= 4 is 119 Å². The lowest BCUT2D eigenvalue weighted by atomic mass is 9.82. The highest BCUT2D eigenvalue weighted by molar-refractivity contribution is 7.26. The molecule has 0 saturated heterocycles. The predicted molar refractivity (Wildman–Crippen MR) is 493 cm³/mol. The molecule has 5 heterocycles. The van der Waals surface area contributed by atoms with Crippen molar-refractivity contribution < 1.29 is 0 Å². The Balaban J connectivity index is 0.000000137. The van der Waals surface area contributed by atoms with E-state index in [1.54, 1.807) is 0 Å². The van der Waals surface area contributed by atoms with Crippen LogP contribution in [0.3, 0.4) is 0 Å². The molecule has 0 unspecified atom stereocenters. The van der Waals surface area contributed by atoms with E-state index in [0.717, 1.165) is 17.1 Å². The summed E-state index contributed by atoms with van der Waals surface area (Å²) in [5, 5.41) is 12.7. The van der Waals surface area contributed by atoms with Crippen molar-refractivity contribution in [2.24, 2.45) is 0 Å². The minimum atomic E-state index is -0.100. The quantitative estimate of drug-likeness (QED) is 0.130. The molecule has 1 aliphatic carbocycles. The van der Waals surface area contributed by atoms with Crippen molar-refractivity contribution in [1.82, 2.24) is 18.3 Å². The molecule has 0 radical (unpaired) electrons. The van der Waals surface area contributed by atoms with E-state index in [-0.39, 0.29) is 5.41 Å². The molecular formula is C111H74N4S. The molecular weight excluding hydrogens is 1420 g/mol. The lowest BCUT2D eigenvalue weighted by Crippen LogP contribution is -2.14. The fraction of sp³-hybridized carbons (Fsp3) is 0.0270. The van der Waals surface area contributed by atoms with Crippen LogP contribution >= 0.6 is 11.3 Å². The van der Waals surface area contributed by atoms with Gasteiger partial charge in [-0.1, -0.05) is 293 Å². The van der Waals surface area contributed by atoms with Gasteiger partial charge in [-0.3, -0.25) is 0 Å². The molecule has 544 valence electrons. The molecule has 1 aliphatic rings. The Morgan fingerprint density at radius 1 is 0.190 bits per heavy atom. The van der Waals surface area contributed by atoms with Gasteiger partial charge in [0.1, 0.15) is 0 Å². The van der Waals surface area contributed by atoms with Crippen molar-refractivity contribution in [3.05, 3.63) is 424 Å². The third-order valence-corrected chi connectivity index (χ3v) is 25.8. The molecule has 5 heteroatoms. The van der Waals surface area contributed by atoms with Crippen molar-refractivity contribution in [3.8, 4) is 101 Å². The van der Waals surface area contributed by atoms with E-state index in [0.29, 0.717) is 0 Å². The van der Waals surface area contributed by atoms with Crippen LogP contribution in [0.5, 0.6) is 0 Å². The van der Waals surface area contributed by atoms with Gasteiger partial charge in [0.25, 0.3) is 0 Å². The summed E-state index contributed by atoms with van der Waals surface area (Å²) in [6.07, 6.45) is 0. The van der Waals surface area contributed by atoms with Crippen LogP contribution in [0.25, 0.3) is 208 Å². The summed E-state index contributed by atoms with van der Waals surface area (Å²) in [6.45, 7) is 4.75. The lowest BCUT2D eigenvalue weighted by Gasteiger charge is -2.21. The predicted octanol–water partition coefficient (Wildman–Crippen LogP) is 30.4. The third kappa shape index (κ3) is 10.8. The van der Waals surface area contributed by atoms with E-state index in [4.69, 9.17) is 0 Å². The molecule has 0 aliphatic heterocycles. The largest absolute Gasteiger partial charge is 0.309 e. The molecule has 0 saturated carbocycles. The lowest BCUT2D eigenvalue weighted by molar-refractivity contribution is 0.661. The topological polar surface area (TPSA) is 19.7 Å². The van der Waals surface area contributed by atoms with E-state index >= 15 is 0 Å². The van der Waals surface area contributed by atoms with Crippen LogP contribution < -0.4 is 0 Å². The maximum Gasteiger partial charge on any atom is 0.0634 e.